The number of nitrogen functional groups attached to an aromatic ring is 1. The largest absolute Gasteiger partial charge is 0.478 e. The first-order chi connectivity index (χ1) is 9.00. The van der Waals surface area contributed by atoms with Gasteiger partial charge in [0, 0.05) is 26.1 Å². The molecule has 19 heavy (non-hydrogen) atoms. The summed E-state index contributed by atoms with van der Waals surface area (Å²) < 4.78 is 13.4. The lowest BCUT2D eigenvalue weighted by Gasteiger charge is -2.24. The zero-order valence-corrected chi connectivity index (χ0v) is 10.1. The van der Waals surface area contributed by atoms with Crippen LogP contribution in [0.4, 0.5) is 15.8 Å². The highest BCUT2D eigenvalue weighted by Gasteiger charge is 2.23. The van der Waals surface area contributed by atoms with E-state index < -0.39 is 11.8 Å². The van der Waals surface area contributed by atoms with E-state index in [-0.39, 0.29) is 23.6 Å². The standard InChI is InChI=1S/C12H14FN3O3/c13-7-1-2-8(10(11(7)14)12(18)19)16-5-3-9(17)15-4-6-16/h1-2H,3-6,14H2,(H,15,17)(H,18,19). The molecule has 2 rings (SSSR count). The van der Waals surface area contributed by atoms with Gasteiger partial charge >= 0.3 is 5.97 Å². The van der Waals surface area contributed by atoms with Gasteiger partial charge in [-0.05, 0) is 12.1 Å². The molecule has 4 N–H and O–H groups in total. The number of anilines is 2. The Morgan fingerprint density at radius 3 is 2.84 bits per heavy atom. The summed E-state index contributed by atoms with van der Waals surface area (Å²) in [4.78, 5) is 24.2. The fraction of sp³-hybridized carbons (Fsp3) is 0.333. The fourth-order valence-corrected chi connectivity index (χ4v) is 2.08. The van der Waals surface area contributed by atoms with E-state index >= 15 is 0 Å². The Kier molecular flexibility index (Phi) is 3.55. The number of carboxylic acid groups (broad SMARTS) is 1. The van der Waals surface area contributed by atoms with E-state index in [1.165, 1.54) is 6.07 Å². The molecule has 0 spiro atoms. The Labute approximate surface area is 109 Å². The van der Waals surface area contributed by atoms with Crippen molar-refractivity contribution in [3.63, 3.8) is 0 Å². The monoisotopic (exact) mass is 267 g/mol. The van der Waals surface area contributed by atoms with Gasteiger partial charge in [0.05, 0.1) is 11.4 Å². The van der Waals surface area contributed by atoms with E-state index in [1.54, 1.807) is 4.90 Å². The normalized spacial score (nSPS) is 15.8. The first kappa shape index (κ1) is 13.1. The van der Waals surface area contributed by atoms with E-state index in [1.807, 2.05) is 0 Å². The number of rotatable bonds is 2. The van der Waals surface area contributed by atoms with Crippen molar-refractivity contribution in [3.8, 4) is 0 Å². The van der Waals surface area contributed by atoms with Gasteiger partial charge in [0.15, 0.2) is 0 Å². The number of nitrogens with two attached hydrogens (primary N) is 1. The zero-order valence-electron chi connectivity index (χ0n) is 10.1. The predicted molar refractivity (Wildman–Crippen MR) is 67.6 cm³/mol. The predicted octanol–water partition coefficient (Wildman–Crippen LogP) is 0.432. The van der Waals surface area contributed by atoms with Crippen LogP contribution in [0, 0.1) is 5.82 Å². The molecule has 0 atom stereocenters. The number of nitrogens with one attached hydrogen (secondary N) is 1. The van der Waals surface area contributed by atoms with Gasteiger partial charge in [-0.2, -0.15) is 0 Å². The summed E-state index contributed by atoms with van der Waals surface area (Å²) in [6, 6.07) is 2.52. The van der Waals surface area contributed by atoms with Crippen LogP contribution in [0.5, 0.6) is 0 Å². The van der Waals surface area contributed by atoms with Gasteiger partial charge in [-0.25, -0.2) is 9.18 Å². The molecule has 1 aliphatic rings. The van der Waals surface area contributed by atoms with E-state index in [0.29, 0.717) is 25.3 Å². The van der Waals surface area contributed by atoms with Gasteiger partial charge < -0.3 is 21.1 Å². The average Bonchev–Trinajstić information content (AvgIpc) is 2.57. The zero-order chi connectivity index (χ0) is 14.0. The number of carbonyl (C=O) groups is 2. The molecule has 0 radical (unpaired) electrons. The summed E-state index contributed by atoms with van der Waals surface area (Å²) in [5, 5.41) is 11.9. The van der Waals surface area contributed by atoms with Crippen LogP contribution in [0.1, 0.15) is 16.8 Å². The van der Waals surface area contributed by atoms with Crippen molar-refractivity contribution in [1.82, 2.24) is 5.32 Å². The average molecular weight is 267 g/mol. The van der Waals surface area contributed by atoms with Crippen molar-refractivity contribution >= 4 is 23.3 Å². The van der Waals surface area contributed by atoms with Crippen LogP contribution < -0.4 is 16.0 Å². The molecule has 0 aliphatic carbocycles. The van der Waals surface area contributed by atoms with Gasteiger partial charge in [-0.15, -0.1) is 0 Å². The smallest absolute Gasteiger partial charge is 0.340 e. The van der Waals surface area contributed by atoms with Gasteiger partial charge in [0.25, 0.3) is 0 Å². The molecule has 7 heteroatoms. The molecule has 1 saturated heterocycles. The summed E-state index contributed by atoms with van der Waals surface area (Å²) in [6.45, 7) is 1.24. The third-order valence-electron chi connectivity index (χ3n) is 3.04. The van der Waals surface area contributed by atoms with Crippen molar-refractivity contribution in [2.75, 3.05) is 30.3 Å². The Bertz CT molecular complexity index is 533. The number of carboxylic acids is 1. The topological polar surface area (TPSA) is 95.7 Å². The second kappa shape index (κ2) is 5.13. The van der Waals surface area contributed by atoms with Crippen LogP contribution in [0.2, 0.25) is 0 Å². The van der Waals surface area contributed by atoms with Crippen LogP contribution >= 0.6 is 0 Å². The van der Waals surface area contributed by atoms with Crippen molar-refractivity contribution in [3.05, 3.63) is 23.5 Å². The van der Waals surface area contributed by atoms with Crippen LogP contribution in [0.25, 0.3) is 0 Å². The number of nitrogens with zero attached hydrogens (tertiary/aromatic N) is 1. The van der Waals surface area contributed by atoms with E-state index in [0.717, 1.165) is 6.07 Å². The molecule has 6 nitrogen and oxygen atoms in total. The molecule has 0 unspecified atom stereocenters. The molecule has 0 bridgehead atoms. The Balaban J connectivity index is 2.41. The highest BCUT2D eigenvalue weighted by atomic mass is 19.1. The Morgan fingerprint density at radius 1 is 1.42 bits per heavy atom. The van der Waals surface area contributed by atoms with Crippen molar-refractivity contribution in [1.29, 1.82) is 0 Å². The minimum atomic E-state index is -1.28. The van der Waals surface area contributed by atoms with Gasteiger partial charge in [-0.1, -0.05) is 0 Å². The van der Waals surface area contributed by atoms with Gasteiger partial charge in [0.2, 0.25) is 5.91 Å². The van der Waals surface area contributed by atoms with Gasteiger partial charge in [0.1, 0.15) is 11.4 Å². The number of hydrogen-bond donors (Lipinski definition) is 3. The Hall–Kier alpha value is -2.31. The molecular weight excluding hydrogens is 253 g/mol. The molecule has 1 aliphatic heterocycles. The summed E-state index contributed by atoms with van der Waals surface area (Å²) in [5.41, 5.74) is 5.19. The number of amides is 1. The van der Waals surface area contributed by atoms with Crippen LogP contribution in [0.3, 0.4) is 0 Å². The summed E-state index contributed by atoms with van der Waals surface area (Å²) >= 11 is 0. The van der Waals surface area contributed by atoms with Crippen LogP contribution in [0.15, 0.2) is 12.1 Å². The number of halogens is 1. The number of aromatic carboxylic acids is 1. The SMILES string of the molecule is Nc1c(F)ccc(N2CCNC(=O)CC2)c1C(=O)O. The van der Waals surface area contributed by atoms with Crippen molar-refractivity contribution < 1.29 is 19.1 Å². The summed E-state index contributed by atoms with van der Waals surface area (Å²) in [6.07, 6.45) is 0.260. The molecule has 1 aromatic rings. The third-order valence-corrected chi connectivity index (χ3v) is 3.04. The number of hydrogen-bond acceptors (Lipinski definition) is 4. The first-order valence-electron chi connectivity index (χ1n) is 5.83. The van der Waals surface area contributed by atoms with Crippen molar-refractivity contribution in [2.24, 2.45) is 0 Å². The fourth-order valence-electron chi connectivity index (χ4n) is 2.08. The second-order valence-electron chi connectivity index (χ2n) is 4.25. The van der Waals surface area contributed by atoms with Crippen molar-refractivity contribution in [2.45, 2.75) is 6.42 Å². The van der Waals surface area contributed by atoms with E-state index in [4.69, 9.17) is 10.8 Å². The third kappa shape index (κ3) is 2.59. The lowest BCUT2D eigenvalue weighted by atomic mass is 10.1. The maximum atomic E-state index is 13.4. The Morgan fingerprint density at radius 2 is 2.16 bits per heavy atom. The minimum Gasteiger partial charge on any atom is -0.478 e. The summed E-state index contributed by atoms with van der Waals surface area (Å²) in [5.74, 6) is -2.13. The highest BCUT2D eigenvalue weighted by Crippen LogP contribution is 2.28. The quantitative estimate of drug-likeness (QED) is 0.675. The highest BCUT2D eigenvalue weighted by molar-refractivity contribution is 6.00. The molecule has 0 aromatic heterocycles. The number of benzene rings is 1. The molecule has 1 aromatic carbocycles. The molecule has 102 valence electrons. The summed E-state index contributed by atoms with van der Waals surface area (Å²) in [7, 11) is 0. The molecular formula is C12H14FN3O3. The second-order valence-corrected chi connectivity index (χ2v) is 4.25. The van der Waals surface area contributed by atoms with Crippen LogP contribution in [-0.2, 0) is 4.79 Å². The lowest BCUT2D eigenvalue weighted by Crippen LogP contribution is -2.30. The van der Waals surface area contributed by atoms with E-state index in [2.05, 4.69) is 5.32 Å². The van der Waals surface area contributed by atoms with E-state index in [9.17, 15) is 14.0 Å². The number of carbonyl (C=O) groups excluding carboxylic acids is 1. The molecule has 1 amide bonds. The first-order valence-corrected chi connectivity index (χ1v) is 5.83. The molecule has 1 fully saturated rings. The maximum Gasteiger partial charge on any atom is 0.340 e. The van der Waals surface area contributed by atoms with Gasteiger partial charge in [-0.3, -0.25) is 4.79 Å². The molecule has 0 saturated carbocycles. The molecule has 1 heterocycles. The minimum absolute atomic E-state index is 0.0885. The van der Waals surface area contributed by atoms with Crippen LogP contribution in [-0.4, -0.2) is 36.6 Å². The lowest BCUT2D eigenvalue weighted by molar-refractivity contribution is -0.120. The maximum absolute atomic E-state index is 13.4.